The molecule has 0 saturated heterocycles. The number of benzene rings is 2. The molecular weight excluding hydrogens is 365 g/mol. The van der Waals surface area contributed by atoms with E-state index in [0.717, 1.165) is 8.58 Å². The van der Waals surface area contributed by atoms with Gasteiger partial charge in [0.2, 0.25) is 0 Å². The number of unbranched alkanes of at least 4 members (excludes halogenated alkanes) is 1. The van der Waals surface area contributed by atoms with Crippen LogP contribution in [-0.4, -0.2) is 0 Å². The van der Waals surface area contributed by atoms with Crippen molar-refractivity contribution >= 4 is 26.3 Å². The minimum absolute atomic E-state index is 0. The van der Waals surface area contributed by atoms with Gasteiger partial charge in [-0.05, 0) is 11.1 Å². The van der Waals surface area contributed by atoms with Gasteiger partial charge in [0, 0.05) is 20.4 Å². The van der Waals surface area contributed by atoms with Gasteiger partial charge in [-0.3, -0.25) is 8.58 Å². The molecule has 0 fully saturated rings. The van der Waals surface area contributed by atoms with Crippen LogP contribution in [0.25, 0.3) is 11.1 Å². The van der Waals surface area contributed by atoms with Crippen molar-refractivity contribution < 1.29 is 20.4 Å². The van der Waals surface area contributed by atoms with Gasteiger partial charge < -0.3 is 6.16 Å². The predicted octanol–water partition coefficient (Wildman–Crippen LogP) is 5.04. The molecule has 0 N–H and O–H groups in total. The average molecular weight is 384 g/mol. The van der Waals surface area contributed by atoms with Gasteiger partial charge in [0.15, 0.2) is 0 Å². The summed E-state index contributed by atoms with van der Waals surface area (Å²) in [4.78, 5) is 0. The summed E-state index contributed by atoms with van der Waals surface area (Å²) in [6, 6.07) is 19.5. The SMILES string of the molecule is CCC[CH-]Pc1ccc(-c2ccccc2)cc1.Cl.[Pd]. The van der Waals surface area contributed by atoms with Crippen molar-refractivity contribution in [2.24, 2.45) is 0 Å². The Hall–Kier alpha value is -0.178. The summed E-state index contributed by atoms with van der Waals surface area (Å²) in [7, 11) is 0.840. The van der Waals surface area contributed by atoms with Crippen molar-refractivity contribution in [3.8, 4) is 11.1 Å². The molecule has 0 amide bonds. The fourth-order valence-corrected chi connectivity index (χ4v) is 2.75. The zero-order valence-corrected chi connectivity index (χ0v) is 14.3. The minimum atomic E-state index is 0. The van der Waals surface area contributed by atoms with Gasteiger partial charge in [-0.1, -0.05) is 73.2 Å². The summed E-state index contributed by atoms with van der Waals surface area (Å²) in [5.74, 6) is 0. The van der Waals surface area contributed by atoms with Crippen molar-refractivity contribution in [3.63, 3.8) is 0 Å². The first-order chi connectivity index (χ1) is 8.40. The quantitative estimate of drug-likeness (QED) is 0.293. The average Bonchev–Trinajstić information content (AvgIpc) is 2.41. The second-order valence-electron chi connectivity index (χ2n) is 4.08. The molecule has 2 aromatic rings. The Morgan fingerprint density at radius 3 is 2.05 bits per heavy atom. The molecule has 1 atom stereocenters. The molecule has 0 saturated carbocycles. The van der Waals surface area contributed by atoms with Crippen molar-refractivity contribution in [1.29, 1.82) is 0 Å². The molecule has 106 valence electrons. The van der Waals surface area contributed by atoms with E-state index in [-0.39, 0.29) is 32.8 Å². The first-order valence-electron chi connectivity index (χ1n) is 6.14. The maximum absolute atomic E-state index is 2.39. The van der Waals surface area contributed by atoms with Crippen LogP contribution in [0, 0.1) is 6.16 Å². The Balaban J connectivity index is 0.00000162. The van der Waals surface area contributed by atoms with Gasteiger partial charge in [-0.25, -0.2) is 0 Å². The summed E-state index contributed by atoms with van der Waals surface area (Å²) in [6.45, 7) is 2.22. The molecule has 0 spiro atoms. The summed E-state index contributed by atoms with van der Waals surface area (Å²) in [5.41, 5.74) is 2.59. The molecule has 0 nitrogen and oxygen atoms in total. The van der Waals surface area contributed by atoms with Crippen LogP contribution in [-0.2, 0) is 20.4 Å². The van der Waals surface area contributed by atoms with E-state index in [4.69, 9.17) is 0 Å². The fourth-order valence-electron chi connectivity index (χ4n) is 1.72. The molecule has 0 aliphatic rings. The van der Waals surface area contributed by atoms with Gasteiger partial charge in [-0.15, -0.1) is 12.4 Å². The van der Waals surface area contributed by atoms with Gasteiger partial charge in [0.1, 0.15) is 0 Å². The summed E-state index contributed by atoms with van der Waals surface area (Å²) in [5, 5.41) is 1.43. The van der Waals surface area contributed by atoms with Crippen LogP contribution in [0.4, 0.5) is 0 Å². The number of hydrogen-bond donors (Lipinski definition) is 0. The fraction of sp³-hybridized carbons (Fsp3) is 0.188. The van der Waals surface area contributed by atoms with E-state index in [1.54, 1.807) is 0 Å². The maximum atomic E-state index is 2.39. The van der Waals surface area contributed by atoms with E-state index in [1.165, 1.54) is 29.3 Å². The van der Waals surface area contributed by atoms with Crippen molar-refractivity contribution in [2.75, 3.05) is 0 Å². The third-order valence-electron chi connectivity index (χ3n) is 2.69. The Morgan fingerprint density at radius 1 is 0.895 bits per heavy atom. The second-order valence-corrected chi connectivity index (χ2v) is 5.35. The van der Waals surface area contributed by atoms with Crippen LogP contribution >= 0.6 is 21.0 Å². The molecular formula is C16H19ClPPd-. The third-order valence-corrected chi connectivity index (χ3v) is 3.85. The Bertz CT molecular complexity index is 442. The van der Waals surface area contributed by atoms with E-state index >= 15 is 0 Å². The van der Waals surface area contributed by atoms with Gasteiger partial charge in [0.05, 0.1) is 0 Å². The molecule has 0 radical (unpaired) electrons. The smallest absolute Gasteiger partial charge is 0 e. The van der Waals surface area contributed by atoms with E-state index in [0.29, 0.717) is 0 Å². The van der Waals surface area contributed by atoms with Crippen molar-refractivity contribution in [2.45, 2.75) is 19.8 Å². The number of hydrogen-bond acceptors (Lipinski definition) is 0. The molecule has 0 heterocycles. The maximum Gasteiger partial charge on any atom is 0 e. The Labute approximate surface area is 138 Å². The molecule has 0 aliphatic heterocycles. The summed E-state index contributed by atoms with van der Waals surface area (Å²) < 4.78 is 0. The van der Waals surface area contributed by atoms with Crippen LogP contribution in [0.3, 0.4) is 0 Å². The molecule has 19 heavy (non-hydrogen) atoms. The van der Waals surface area contributed by atoms with Gasteiger partial charge in [-0.2, -0.15) is 6.42 Å². The molecule has 1 unspecified atom stereocenters. The minimum Gasteiger partial charge on any atom is -0.301 e. The first-order valence-corrected chi connectivity index (χ1v) is 7.21. The zero-order chi connectivity index (χ0) is 11.9. The Morgan fingerprint density at radius 2 is 1.47 bits per heavy atom. The van der Waals surface area contributed by atoms with Crippen LogP contribution < -0.4 is 5.30 Å². The summed E-state index contributed by atoms with van der Waals surface area (Å²) in [6.07, 6.45) is 4.85. The van der Waals surface area contributed by atoms with Crippen LogP contribution in [0.5, 0.6) is 0 Å². The van der Waals surface area contributed by atoms with Crippen molar-refractivity contribution in [1.82, 2.24) is 0 Å². The van der Waals surface area contributed by atoms with Gasteiger partial charge in [0.25, 0.3) is 0 Å². The summed E-state index contributed by atoms with van der Waals surface area (Å²) >= 11 is 0. The first kappa shape index (κ1) is 18.8. The molecule has 2 aromatic carbocycles. The van der Waals surface area contributed by atoms with E-state index in [2.05, 4.69) is 67.7 Å². The van der Waals surface area contributed by atoms with Gasteiger partial charge >= 0.3 is 0 Å². The van der Waals surface area contributed by atoms with Crippen LogP contribution in [0.15, 0.2) is 54.6 Å². The molecule has 0 bridgehead atoms. The topological polar surface area (TPSA) is 0 Å². The second kappa shape index (κ2) is 10.6. The monoisotopic (exact) mass is 383 g/mol. The molecule has 0 aromatic heterocycles. The molecule has 3 heteroatoms. The van der Waals surface area contributed by atoms with Crippen molar-refractivity contribution in [3.05, 3.63) is 60.8 Å². The third kappa shape index (κ3) is 6.20. The van der Waals surface area contributed by atoms with E-state index in [9.17, 15) is 0 Å². The largest absolute Gasteiger partial charge is 0.301 e. The van der Waals surface area contributed by atoms with Crippen LogP contribution in [0.1, 0.15) is 19.8 Å². The zero-order valence-electron chi connectivity index (χ0n) is 10.9. The van der Waals surface area contributed by atoms with Crippen LogP contribution in [0.2, 0.25) is 0 Å². The van der Waals surface area contributed by atoms with E-state index < -0.39 is 0 Å². The normalized spacial score (nSPS) is 9.95. The number of rotatable bonds is 5. The molecule has 2 rings (SSSR count). The predicted molar refractivity (Wildman–Crippen MR) is 86.3 cm³/mol. The Kier molecular flexibility index (Phi) is 10.5. The number of halogens is 1. The van der Waals surface area contributed by atoms with E-state index in [1.807, 2.05) is 0 Å². The standard InChI is InChI=1S/C16H18P.ClH.Pd/c1-2-3-13-17-16-11-9-15(10-12-16)14-7-5-4-6-8-14;;/h4-13,17H,2-3H2,1H3;1H;/q-1;;. The molecule has 0 aliphatic carbocycles.